The van der Waals surface area contributed by atoms with Gasteiger partial charge in [-0.3, -0.25) is 0 Å². The first-order valence-corrected chi connectivity index (χ1v) is 26.7. The van der Waals surface area contributed by atoms with Crippen molar-refractivity contribution in [3.8, 4) is 0 Å². The molecule has 0 N–H and O–H groups in total. The van der Waals surface area contributed by atoms with Crippen LogP contribution in [0.1, 0.15) is 0 Å². The first-order chi connectivity index (χ1) is 11.7. The average Bonchev–Trinajstić information content (AvgIpc) is 2.29. The van der Waals surface area contributed by atoms with E-state index in [2.05, 4.69) is 91.7 Å². The molecule has 27 heavy (non-hydrogen) atoms. The summed E-state index contributed by atoms with van der Waals surface area (Å²) in [7, 11) is -13.4. The summed E-state index contributed by atoms with van der Waals surface area (Å²) in [4.78, 5) is 0. The third-order valence-corrected chi connectivity index (χ3v) is 24.9. The van der Waals surface area contributed by atoms with Crippen molar-refractivity contribution in [2.24, 2.45) is 0 Å². The molecule has 0 heterocycles. The van der Waals surface area contributed by atoms with Crippen molar-refractivity contribution in [1.29, 1.82) is 0 Å². The molecular formula is C16H42O5Si6. The molecule has 0 aliphatic heterocycles. The lowest BCUT2D eigenvalue weighted by atomic mass is 11.2. The number of rotatable bonds is 12. The van der Waals surface area contributed by atoms with Gasteiger partial charge in [-0.05, 0) is 78.6 Å². The highest BCUT2D eigenvalue weighted by Gasteiger charge is 2.46. The van der Waals surface area contributed by atoms with Crippen LogP contribution in [0.25, 0.3) is 0 Å². The van der Waals surface area contributed by atoms with Crippen molar-refractivity contribution < 1.29 is 20.6 Å². The Morgan fingerprint density at radius 3 is 0.963 bits per heavy atom. The molecule has 0 unspecified atom stereocenters. The predicted octanol–water partition coefficient (Wildman–Crippen LogP) is 5.74. The molecule has 5 nitrogen and oxygen atoms in total. The van der Waals surface area contributed by atoms with Crippen molar-refractivity contribution >= 4 is 50.9 Å². The van der Waals surface area contributed by atoms with Crippen LogP contribution in [0.15, 0.2) is 24.6 Å². The van der Waals surface area contributed by atoms with Gasteiger partial charge in [-0.25, -0.2) is 0 Å². The van der Waals surface area contributed by atoms with Gasteiger partial charge >= 0.3 is 34.2 Å². The summed E-state index contributed by atoms with van der Waals surface area (Å²) in [6.45, 7) is 33.1. The molecule has 160 valence electrons. The van der Waals surface area contributed by atoms with E-state index in [-0.39, 0.29) is 0 Å². The Morgan fingerprint density at radius 1 is 0.444 bits per heavy atom. The van der Waals surface area contributed by atoms with Crippen molar-refractivity contribution in [3.63, 3.8) is 0 Å². The molecule has 0 saturated carbocycles. The van der Waals surface area contributed by atoms with Crippen LogP contribution < -0.4 is 0 Å². The van der Waals surface area contributed by atoms with Gasteiger partial charge < -0.3 is 20.6 Å². The van der Waals surface area contributed by atoms with Crippen LogP contribution in [0.2, 0.25) is 78.6 Å². The Balaban J connectivity index is 5.16. The smallest absolute Gasteiger partial charge is 0.314 e. The quantitative estimate of drug-likeness (QED) is 0.332. The van der Waals surface area contributed by atoms with Gasteiger partial charge in [0.2, 0.25) is 8.32 Å². The van der Waals surface area contributed by atoms with E-state index < -0.39 is 50.9 Å². The average molecular weight is 483 g/mol. The maximum absolute atomic E-state index is 6.52. The van der Waals surface area contributed by atoms with Gasteiger partial charge in [0.25, 0.3) is 0 Å². The van der Waals surface area contributed by atoms with Gasteiger partial charge in [0.1, 0.15) is 0 Å². The molecule has 0 fully saturated rings. The summed E-state index contributed by atoms with van der Waals surface area (Å²) < 4.78 is 32.2. The highest BCUT2D eigenvalue weighted by Crippen LogP contribution is 2.27. The van der Waals surface area contributed by atoms with Gasteiger partial charge in [-0.2, -0.15) is 0 Å². The summed E-state index contributed by atoms with van der Waals surface area (Å²) in [5.41, 5.74) is 3.77. The number of hydrogen-bond donors (Lipinski definition) is 0. The second-order valence-corrected chi connectivity index (χ2v) is 32.5. The summed E-state index contributed by atoms with van der Waals surface area (Å²) in [5, 5.41) is 0. The van der Waals surface area contributed by atoms with Crippen LogP contribution in [-0.2, 0) is 20.6 Å². The Bertz CT molecular complexity index is 520. The second-order valence-electron chi connectivity index (χ2n) is 9.81. The fraction of sp³-hybridized carbons (Fsp3) is 0.750. The van der Waals surface area contributed by atoms with Gasteiger partial charge in [0.15, 0.2) is 8.32 Å². The van der Waals surface area contributed by atoms with E-state index in [1.54, 1.807) is 0 Å². The van der Waals surface area contributed by atoms with Crippen LogP contribution in [0.3, 0.4) is 0 Å². The normalized spacial score (nSPS) is 15.0. The highest BCUT2D eigenvalue weighted by molar-refractivity contribution is 6.93. The lowest BCUT2D eigenvalue weighted by Gasteiger charge is -2.42. The van der Waals surface area contributed by atoms with Gasteiger partial charge in [0.05, 0.1) is 0 Å². The van der Waals surface area contributed by atoms with E-state index in [9.17, 15) is 0 Å². The topological polar surface area (TPSA) is 46.2 Å². The van der Waals surface area contributed by atoms with E-state index in [0.717, 1.165) is 0 Å². The van der Waals surface area contributed by atoms with Gasteiger partial charge in [-0.1, -0.05) is 11.4 Å². The van der Waals surface area contributed by atoms with Crippen LogP contribution in [0.5, 0.6) is 0 Å². The zero-order valence-electron chi connectivity index (χ0n) is 19.6. The lowest BCUT2D eigenvalue weighted by molar-refractivity contribution is 0.283. The molecule has 0 spiro atoms. The van der Waals surface area contributed by atoms with Gasteiger partial charge in [0, 0.05) is 0 Å². The van der Waals surface area contributed by atoms with Crippen LogP contribution >= 0.6 is 0 Å². The van der Waals surface area contributed by atoms with E-state index >= 15 is 0 Å². The van der Waals surface area contributed by atoms with E-state index in [1.807, 2.05) is 11.4 Å². The minimum atomic E-state index is -2.45. The molecule has 0 aliphatic rings. The van der Waals surface area contributed by atoms with Crippen LogP contribution in [0.4, 0.5) is 0 Å². The first-order valence-electron chi connectivity index (χ1n) is 9.44. The molecule has 0 rings (SSSR count). The molecule has 0 aromatic rings. The Labute approximate surface area is 174 Å². The largest absolute Gasteiger partial charge is 0.437 e. The molecule has 0 saturated heterocycles. The van der Waals surface area contributed by atoms with Crippen LogP contribution in [0, 0.1) is 0 Å². The van der Waals surface area contributed by atoms with Crippen molar-refractivity contribution in [2.75, 3.05) is 0 Å². The molecule has 0 aliphatic carbocycles. The zero-order chi connectivity index (χ0) is 21.9. The molecule has 0 radical (unpaired) electrons. The Hall–Kier alpha value is 0.581. The number of hydrogen-bond acceptors (Lipinski definition) is 5. The molecule has 0 amide bonds. The fourth-order valence-electron chi connectivity index (χ4n) is 3.29. The van der Waals surface area contributed by atoms with Gasteiger partial charge in [-0.15, -0.1) is 13.2 Å². The maximum atomic E-state index is 6.52. The standard InChI is InChI=1S/C16H42O5Si6/c1-15-27(14,16-2)21-26(12,13)20-25(10,11)19-24(8,9)18-23(6,7)17-22(3,4)5/h15-16H,1-2H2,3-14H3. The SMILES string of the molecule is C=C[Si](C)(C=C)O[Si](C)(C)O[Si](C)(C)O[Si](C)(C)O[Si](C)(C)O[Si](C)(C)C. The summed E-state index contributed by atoms with van der Waals surface area (Å²) in [6.07, 6.45) is 0. The first kappa shape index (κ1) is 27.6. The third kappa shape index (κ3) is 12.0. The minimum Gasteiger partial charge on any atom is -0.437 e. The predicted molar refractivity (Wildman–Crippen MR) is 131 cm³/mol. The Kier molecular flexibility index (Phi) is 9.36. The maximum Gasteiger partial charge on any atom is 0.314 e. The van der Waals surface area contributed by atoms with E-state index in [0.29, 0.717) is 0 Å². The van der Waals surface area contributed by atoms with E-state index in [1.165, 1.54) is 0 Å². The minimum absolute atomic E-state index is 1.67. The fourth-order valence-corrected chi connectivity index (χ4v) is 30.6. The second kappa shape index (κ2) is 9.16. The third-order valence-electron chi connectivity index (χ3n) is 3.30. The highest BCUT2D eigenvalue weighted by atomic mass is 28.5. The monoisotopic (exact) mass is 482 g/mol. The summed E-state index contributed by atoms with van der Waals surface area (Å²) in [6, 6.07) is 0. The molecule has 0 aromatic carbocycles. The molecular weight excluding hydrogens is 441 g/mol. The lowest BCUT2D eigenvalue weighted by Crippen LogP contribution is -2.59. The molecule has 0 bridgehead atoms. The van der Waals surface area contributed by atoms with Crippen molar-refractivity contribution in [3.05, 3.63) is 24.6 Å². The zero-order valence-corrected chi connectivity index (χ0v) is 25.6. The van der Waals surface area contributed by atoms with Crippen molar-refractivity contribution in [1.82, 2.24) is 0 Å². The molecule has 0 atom stereocenters. The summed E-state index contributed by atoms with van der Waals surface area (Å²) in [5.74, 6) is 0. The molecule has 11 heteroatoms. The summed E-state index contributed by atoms with van der Waals surface area (Å²) >= 11 is 0. The van der Waals surface area contributed by atoms with Crippen molar-refractivity contribution in [2.45, 2.75) is 78.6 Å². The van der Waals surface area contributed by atoms with Crippen LogP contribution in [-0.4, -0.2) is 50.9 Å². The molecule has 0 aromatic heterocycles. The van der Waals surface area contributed by atoms with E-state index in [4.69, 9.17) is 20.6 Å². The Morgan fingerprint density at radius 2 is 0.704 bits per heavy atom.